The number of nitrogens with zero attached hydrogens (tertiary/aromatic N) is 3. The van der Waals surface area contributed by atoms with Crippen LogP contribution in [0.15, 0.2) is 47.3 Å². The standard InChI is InChI=1S/C29H34N4O3Si/c1-28(2,3)36-27(35)30-17-13-14-22-19(15-17)24(37(7,8)29(4,5)6)20-16-33-25(23(20)31-22)32-21-12-10-9-11-18(21)26(33)34/h9-15H,16H2,1-8H3,(H,30,35). The molecule has 0 bridgehead atoms. The fourth-order valence-corrected chi connectivity index (χ4v) is 7.46. The van der Waals surface area contributed by atoms with Crippen LogP contribution >= 0.6 is 0 Å². The first-order valence-electron chi connectivity index (χ1n) is 12.6. The van der Waals surface area contributed by atoms with Crippen LogP contribution in [0.2, 0.25) is 18.1 Å². The summed E-state index contributed by atoms with van der Waals surface area (Å²) < 4.78 is 7.23. The quantitative estimate of drug-likeness (QED) is 0.291. The van der Waals surface area contributed by atoms with Crippen molar-refractivity contribution in [3.8, 4) is 11.5 Å². The molecule has 0 atom stereocenters. The van der Waals surface area contributed by atoms with Crippen LogP contribution in [-0.4, -0.2) is 34.3 Å². The summed E-state index contributed by atoms with van der Waals surface area (Å²) in [5.74, 6) is 0.622. The topological polar surface area (TPSA) is 86.1 Å². The number of para-hydroxylation sites is 1. The van der Waals surface area contributed by atoms with Crippen LogP contribution < -0.4 is 16.1 Å². The van der Waals surface area contributed by atoms with Crippen LogP contribution in [0, 0.1) is 0 Å². The van der Waals surface area contributed by atoms with Gasteiger partial charge in [-0.2, -0.15) is 0 Å². The average molecular weight is 515 g/mol. The number of hydrogen-bond donors (Lipinski definition) is 1. The second-order valence-corrected chi connectivity index (χ2v) is 17.6. The Morgan fingerprint density at radius 3 is 2.32 bits per heavy atom. The molecule has 192 valence electrons. The van der Waals surface area contributed by atoms with Gasteiger partial charge in [-0.3, -0.25) is 14.7 Å². The van der Waals surface area contributed by atoms with Gasteiger partial charge in [0.2, 0.25) is 0 Å². The fraction of sp³-hybridized carbons (Fsp3) is 0.379. The summed E-state index contributed by atoms with van der Waals surface area (Å²) >= 11 is 0. The predicted molar refractivity (Wildman–Crippen MR) is 153 cm³/mol. The van der Waals surface area contributed by atoms with E-state index >= 15 is 0 Å². The molecule has 0 aliphatic carbocycles. The van der Waals surface area contributed by atoms with E-state index in [1.165, 1.54) is 5.19 Å². The number of carbonyl (C=O) groups is 1. The van der Waals surface area contributed by atoms with Gasteiger partial charge >= 0.3 is 6.09 Å². The molecule has 1 aliphatic rings. The molecule has 2 aromatic heterocycles. The maximum Gasteiger partial charge on any atom is 0.412 e. The summed E-state index contributed by atoms with van der Waals surface area (Å²) in [7, 11) is -2.15. The number of anilines is 1. The lowest BCUT2D eigenvalue weighted by Gasteiger charge is -2.39. The molecule has 0 saturated carbocycles. The lowest BCUT2D eigenvalue weighted by Crippen LogP contribution is -2.51. The second kappa shape index (κ2) is 8.24. The van der Waals surface area contributed by atoms with E-state index in [1.807, 2.05) is 63.2 Å². The number of nitrogens with one attached hydrogen (secondary N) is 1. The highest BCUT2D eigenvalue weighted by Crippen LogP contribution is 2.41. The first-order valence-corrected chi connectivity index (χ1v) is 15.6. The molecule has 1 aliphatic heterocycles. The number of benzene rings is 2. The van der Waals surface area contributed by atoms with Gasteiger partial charge in [0, 0.05) is 16.6 Å². The smallest absolute Gasteiger partial charge is 0.412 e. The van der Waals surface area contributed by atoms with Gasteiger partial charge in [-0.25, -0.2) is 14.8 Å². The Morgan fingerprint density at radius 2 is 1.65 bits per heavy atom. The minimum Gasteiger partial charge on any atom is -0.444 e. The van der Waals surface area contributed by atoms with E-state index in [0.717, 1.165) is 22.2 Å². The zero-order chi connectivity index (χ0) is 26.9. The van der Waals surface area contributed by atoms with Crippen molar-refractivity contribution in [1.82, 2.24) is 14.5 Å². The van der Waals surface area contributed by atoms with Gasteiger partial charge < -0.3 is 4.74 Å². The molecule has 0 spiro atoms. The molecular weight excluding hydrogens is 480 g/mol. The van der Waals surface area contributed by atoms with Crippen LogP contribution in [0.1, 0.15) is 47.1 Å². The largest absolute Gasteiger partial charge is 0.444 e. The molecule has 2 aromatic carbocycles. The first-order chi connectivity index (χ1) is 17.2. The van der Waals surface area contributed by atoms with Crippen molar-refractivity contribution < 1.29 is 9.53 Å². The highest BCUT2D eigenvalue weighted by molar-refractivity contribution is 6.94. The van der Waals surface area contributed by atoms with Crippen molar-refractivity contribution >= 4 is 46.8 Å². The number of carbonyl (C=O) groups excluding carboxylic acids is 1. The van der Waals surface area contributed by atoms with Gasteiger partial charge in [-0.15, -0.1) is 0 Å². The number of pyridine rings is 1. The zero-order valence-electron chi connectivity index (χ0n) is 22.8. The van der Waals surface area contributed by atoms with Crippen molar-refractivity contribution in [3.05, 3.63) is 58.4 Å². The Bertz CT molecular complexity index is 1640. The fourth-order valence-electron chi connectivity index (χ4n) is 4.88. The summed E-state index contributed by atoms with van der Waals surface area (Å²) in [4.78, 5) is 35.9. The molecule has 3 heterocycles. The molecule has 1 N–H and O–H groups in total. The molecular formula is C29H34N4O3Si. The average Bonchev–Trinajstić information content (AvgIpc) is 3.13. The Labute approximate surface area is 217 Å². The molecule has 0 fully saturated rings. The zero-order valence-corrected chi connectivity index (χ0v) is 23.8. The molecule has 7 nitrogen and oxygen atoms in total. The summed E-state index contributed by atoms with van der Waals surface area (Å²) in [6.45, 7) is 17.5. The number of ether oxygens (including phenoxy) is 1. The van der Waals surface area contributed by atoms with Crippen LogP contribution in [0.5, 0.6) is 0 Å². The molecule has 1 amide bonds. The molecule has 4 aromatic rings. The monoisotopic (exact) mass is 514 g/mol. The third kappa shape index (κ3) is 4.23. The van der Waals surface area contributed by atoms with Crippen molar-refractivity contribution in [2.24, 2.45) is 0 Å². The minimum atomic E-state index is -2.15. The van der Waals surface area contributed by atoms with Gasteiger partial charge in [-0.1, -0.05) is 46.0 Å². The van der Waals surface area contributed by atoms with Gasteiger partial charge in [0.25, 0.3) is 5.56 Å². The van der Waals surface area contributed by atoms with Crippen LogP contribution in [0.4, 0.5) is 10.5 Å². The van der Waals surface area contributed by atoms with E-state index in [9.17, 15) is 9.59 Å². The van der Waals surface area contributed by atoms with E-state index in [2.05, 4.69) is 39.2 Å². The van der Waals surface area contributed by atoms with Crippen LogP contribution in [0.3, 0.4) is 0 Å². The molecule has 8 heteroatoms. The maximum atomic E-state index is 13.5. The number of amides is 1. The van der Waals surface area contributed by atoms with Crippen LogP contribution in [-0.2, 0) is 11.3 Å². The van der Waals surface area contributed by atoms with Gasteiger partial charge in [-0.05, 0) is 61.3 Å². The molecule has 0 radical (unpaired) electrons. The third-order valence-corrected chi connectivity index (χ3v) is 13.2. The first kappa shape index (κ1) is 25.1. The Kier molecular flexibility index (Phi) is 5.60. The predicted octanol–water partition coefficient (Wildman–Crippen LogP) is 6.04. The van der Waals surface area contributed by atoms with E-state index in [0.29, 0.717) is 29.0 Å². The van der Waals surface area contributed by atoms with Crippen molar-refractivity contribution in [2.75, 3.05) is 5.32 Å². The molecule has 0 saturated heterocycles. The van der Waals surface area contributed by atoms with Crippen molar-refractivity contribution in [3.63, 3.8) is 0 Å². The van der Waals surface area contributed by atoms with E-state index < -0.39 is 19.8 Å². The van der Waals surface area contributed by atoms with Gasteiger partial charge in [0.1, 0.15) is 11.3 Å². The number of fused-ring (bicyclic) bond motifs is 5. The summed E-state index contributed by atoms with van der Waals surface area (Å²) in [6.07, 6.45) is -0.496. The summed E-state index contributed by atoms with van der Waals surface area (Å²) in [6, 6.07) is 13.2. The number of hydrogen-bond acceptors (Lipinski definition) is 5. The van der Waals surface area contributed by atoms with E-state index in [-0.39, 0.29) is 10.6 Å². The Morgan fingerprint density at radius 1 is 0.973 bits per heavy atom. The molecule has 0 unspecified atom stereocenters. The highest BCUT2D eigenvalue weighted by atomic mass is 28.3. The maximum absolute atomic E-state index is 13.5. The SMILES string of the molecule is CC(C)(C)OC(=O)Nc1ccc2nc3c(c([Si](C)(C)C(C)(C)C)c2c1)Cn1c-3nc2ccccc2c1=O. The summed E-state index contributed by atoms with van der Waals surface area (Å²) in [5, 5.41) is 5.78. The number of rotatable bonds is 2. The molecule has 5 rings (SSSR count). The summed E-state index contributed by atoms with van der Waals surface area (Å²) in [5.41, 5.74) is 3.36. The van der Waals surface area contributed by atoms with Crippen molar-refractivity contribution in [2.45, 2.75) is 71.8 Å². The highest BCUT2D eigenvalue weighted by Gasteiger charge is 2.42. The Balaban J connectivity index is 1.76. The van der Waals surface area contributed by atoms with Gasteiger partial charge in [0.05, 0.1) is 31.0 Å². The van der Waals surface area contributed by atoms with Gasteiger partial charge in [0.15, 0.2) is 5.82 Å². The van der Waals surface area contributed by atoms with E-state index in [1.54, 1.807) is 4.57 Å². The van der Waals surface area contributed by atoms with Crippen LogP contribution in [0.25, 0.3) is 33.3 Å². The third-order valence-electron chi connectivity index (χ3n) is 7.62. The van der Waals surface area contributed by atoms with Crippen molar-refractivity contribution in [1.29, 1.82) is 0 Å². The van der Waals surface area contributed by atoms with E-state index in [4.69, 9.17) is 14.7 Å². The lowest BCUT2D eigenvalue weighted by atomic mass is 10.1. The number of aromatic nitrogens is 3. The minimum absolute atomic E-state index is 0.0293. The normalized spacial score (nSPS) is 13.5. The lowest BCUT2D eigenvalue weighted by molar-refractivity contribution is 0.0636. The second-order valence-electron chi connectivity index (χ2n) is 12.4. The Hall–Kier alpha value is -3.52. The molecule has 37 heavy (non-hydrogen) atoms.